The number of hydrogen-bond donors (Lipinski definition) is 0. The van der Waals surface area contributed by atoms with E-state index in [2.05, 4.69) is 19.9 Å². The molecule has 0 atom stereocenters. The number of rotatable bonds is 8. The van der Waals surface area contributed by atoms with Gasteiger partial charge >= 0.3 is 5.97 Å². The number of fused-ring (bicyclic) bond motifs is 1. The minimum absolute atomic E-state index is 0.110. The number of ether oxygens (including phenoxy) is 1. The van der Waals surface area contributed by atoms with E-state index in [4.69, 9.17) is 4.74 Å². The summed E-state index contributed by atoms with van der Waals surface area (Å²) in [6.07, 6.45) is 4.92. The molecule has 8 heteroatoms. The number of para-hydroxylation sites is 1. The van der Waals surface area contributed by atoms with Gasteiger partial charge < -0.3 is 9.64 Å². The molecule has 2 aromatic rings. The Morgan fingerprint density at radius 2 is 1.67 bits per heavy atom. The molecule has 2 aliphatic heterocycles. The maximum absolute atomic E-state index is 12.8. The van der Waals surface area contributed by atoms with E-state index in [0.29, 0.717) is 19.5 Å². The molecule has 0 aromatic heterocycles. The van der Waals surface area contributed by atoms with E-state index in [1.54, 1.807) is 34.6 Å². The van der Waals surface area contributed by atoms with Crippen molar-refractivity contribution < 1.29 is 22.7 Å². The van der Waals surface area contributed by atoms with Gasteiger partial charge in [0.25, 0.3) is 0 Å². The SMILES string of the molecule is CN1C(=CC(=O)COC(=O)CCc2ccc(S(=O)(=O)N3CCCCC3)cc2)C(C)(C)c2ccccc21. The lowest BCUT2D eigenvalue weighted by Gasteiger charge is -2.25. The van der Waals surface area contributed by atoms with Crippen LogP contribution in [0, 0.1) is 0 Å². The summed E-state index contributed by atoms with van der Waals surface area (Å²) in [4.78, 5) is 27.1. The summed E-state index contributed by atoms with van der Waals surface area (Å²) in [6, 6.07) is 14.7. The third-order valence-corrected chi connectivity index (χ3v) is 9.02. The Morgan fingerprint density at radius 3 is 2.33 bits per heavy atom. The first-order valence-corrected chi connectivity index (χ1v) is 13.9. The molecule has 1 saturated heterocycles. The fraction of sp³-hybridized carbons (Fsp3) is 0.429. The number of piperidine rings is 1. The van der Waals surface area contributed by atoms with Crippen molar-refractivity contribution >= 4 is 27.5 Å². The zero-order chi connectivity index (χ0) is 25.9. The van der Waals surface area contributed by atoms with Crippen LogP contribution >= 0.6 is 0 Å². The molecule has 0 unspecified atom stereocenters. The highest BCUT2D eigenvalue weighted by molar-refractivity contribution is 7.89. The molecule has 2 heterocycles. The van der Waals surface area contributed by atoms with Crippen LogP contribution in [-0.4, -0.2) is 51.2 Å². The van der Waals surface area contributed by atoms with Crippen molar-refractivity contribution in [3.63, 3.8) is 0 Å². The average Bonchev–Trinajstić information content (AvgIpc) is 3.07. The number of nitrogens with zero attached hydrogens (tertiary/aromatic N) is 2. The molecule has 2 aliphatic rings. The van der Waals surface area contributed by atoms with E-state index in [1.807, 2.05) is 30.1 Å². The second-order valence-corrected chi connectivity index (χ2v) is 11.9. The largest absolute Gasteiger partial charge is 0.457 e. The van der Waals surface area contributed by atoms with Gasteiger partial charge in [-0.25, -0.2) is 8.42 Å². The van der Waals surface area contributed by atoms with E-state index >= 15 is 0 Å². The zero-order valence-electron chi connectivity index (χ0n) is 21.2. The highest BCUT2D eigenvalue weighted by Crippen LogP contribution is 2.46. The predicted molar refractivity (Wildman–Crippen MR) is 139 cm³/mol. The number of anilines is 1. The molecule has 7 nitrogen and oxygen atoms in total. The number of sulfonamides is 1. The normalized spacial score (nSPS) is 18.8. The summed E-state index contributed by atoms with van der Waals surface area (Å²) < 4.78 is 32.3. The molecule has 0 N–H and O–H groups in total. The first-order chi connectivity index (χ1) is 17.1. The van der Waals surface area contributed by atoms with Gasteiger partial charge in [0, 0.05) is 49.4 Å². The number of carbonyl (C=O) groups is 2. The van der Waals surface area contributed by atoms with E-state index in [0.717, 1.165) is 41.8 Å². The number of allylic oxidation sites excluding steroid dienone is 1. The first kappa shape index (κ1) is 26.1. The maximum Gasteiger partial charge on any atom is 0.306 e. The molecule has 0 spiro atoms. The van der Waals surface area contributed by atoms with Gasteiger partial charge in [-0.05, 0) is 48.6 Å². The third-order valence-electron chi connectivity index (χ3n) is 7.11. The van der Waals surface area contributed by atoms with Crippen LogP contribution in [0.25, 0.3) is 0 Å². The summed E-state index contributed by atoms with van der Waals surface area (Å²) in [5, 5.41) is 0. The molecule has 192 valence electrons. The van der Waals surface area contributed by atoms with Crippen molar-refractivity contribution in [3.05, 3.63) is 71.4 Å². The first-order valence-electron chi connectivity index (χ1n) is 12.4. The molecule has 2 aromatic carbocycles. The Balaban J connectivity index is 1.28. The number of likely N-dealkylation sites (N-methyl/N-ethyl adjacent to an activating group) is 1. The predicted octanol–water partition coefficient (Wildman–Crippen LogP) is 4.22. The summed E-state index contributed by atoms with van der Waals surface area (Å²) in [6.45, 7) is 4.96. The Morgan fingerprint density at radius 1 is 1.00 bits per heavy atom. The van der Waals surface area contributed by atoms with Crippen LogP contribution in [0.4, 0.5) is 5.69 Å². The van der Waals surface area contributed by atoms with Gasteiger partial charge in [-0.3, -0.25) is 9.59 Å². The standard InChI is InChI=1S/C28H34N2O5S/c1-28(2)24-9-5-6-10-25(24)29(3)26(28)19-22(31)20-35-27(32)16-13-21-11-14-23(15-12-21)36(33,34)30-17-7-4-8-18-30/h5-6,9-12,14-15,19H,4,7-8,13,16-18,20H2,1-3H3. The quantitative estimate of drug-likeness (QED) is 0.391. The second-order valence-electron chi connectivity index (χ2n) is 9.97. The number of benzene rings is 2. The molecular weight excluding hydrogens is 476 g/mol. The fourth-order valence-corrected chi connectivity index (χ4v) is 6.52. The lowest BCUT2D eigenvalue weighted by atomic mass is 9.83. The van der Waals surface area contributed by atoms with Crippen LogP contribution in [-0.2, 0) is 36.2 Å². The Bertz CT molecular complexity index is 1260. The summed E-state index contributed by atoms with van der Waals surface area (Å²) in [5.41, 5.74) is 3.60. The Hall–Kier alpha value is -2.97. The lowest BCUT2D eigenvalue weighted by molar-refractivity contribution is -0.146. The smallest absolute Gasteiger partial charge is 0.306 e. The molecule has 0 radical (unpaired) electrons. The van der Waals surface area contributed by atoms with Crippen molar-refractivity contribution in [2.24, 2.45) is 0 Å². The zero-order valence-corrected chi connectivity index (χ0v) is 22.0. The van der Waals surface area contributed by atoms with Crippen LogP contribution in [0.15, 0.2) is 65.2 Å². The van der Waals surface area contributed by atoms with E-state index in [-0.39, 0.29) is 29.1 Å². The minimum atomic E-state index is -3.47. The van der Waals surface area contributed by atoms with E-state index < -0.39 is 16.0 Å². The van der Waals surface area contributed by atoms with Crippen LogP contribution in [0.3, 0.4) is 0 Å². The summed E-state index contributed by atoms with van der Waals surface area (Å²) in [5.74, 6) is -0.729. The van der Waals surface area contributed by atoms with Crippen molar-refractivity contribution in [2.45, 2.75) is 56.3 Å². The van der Waals surface area contributed by atoms with Gasteiger partial charge in [0.2, 0.25) is 10.0 Å². The van der Waals surface area contributed by atoms with Gasteiger partial charge in [0.05, 0.1) is 4.90 Å². The van der Waals surface area contributed by atoms with Crippen LogP contribution < -0.4 is 4.90 Å². The molecule has 1 fully saturated rings. The van der Waals surface area contributed by atoms with Gasteiger partial charge in [0.1, 0.15) is 0 Å². The van der Waals surface area contributed by atoms with Crippen LogP contribution in [0.5, 0.6) is 0 Å². The van der Waals surface area contributed by atoms with Gasteiger partial charge in [-0.2, -0.15) is 4.31 Å². The summed E-state index contributed by atoms with van der Waals surface area (Å²) in [7, 11) is -1.54. The molecule has 0 bridgehead atoms. The number of hydrogen-bond acceptors (Lipinski definition) is 6. The topological polar surface area (TPSA) is 84.0 Å². The average molecular weight is 511 g/mol. The van der Waals surface area contributed by atoms with Crippen molar-refractivity contribution in [1.82, 2.24) is 4.31 Å². The molecule has 0 amide bonds. The van der Waals surface area contributed by atoms with E-state index in [9.17, 15) is 18.0 Å². The molecular formula is C28H34N2O5S. The number of esters is 1. The third kappa shape index (κ3) is 5.39. The van der Waals surface area contributed by atoms with E-state index in [1.165, 1.54) is 0 Å². The van der Waals surface area contributed by atoms with Crippen molar-refractivity contribution in [1.29, 1.82) is 0 Å². The summed E-state index contributed by atoms with van der Waals surface area (Å²) >= 11 is 0. The molecule has 0 saturated carbocycles. The number of ketones is 1. The van der Waals surface area contributed by atoms with Crippen LogP contribution in [0.1, 0.15) is 50.7 Å². The monoisotopic (exact) mass is 510 g/mol. The van der Waals surface area contributed by atoms with Gasteiger partial charge in [0.15, 0.2) is 12.4 Å². The number of carbonyl (C=O) groups excluding carboxylic acids is 2. The Kier molecular flexibility index (Phi) is 7.66. The molecule has 0 aliphatic carbocycles. The Labute approximate surface area is 213 Å². The number of aryl methyl sites for hydroxylation is 1. The highest BCUT2D eigenvalue weighted by Gasteiger charge is 2.38. The van der Waals surface area contributed by atoms with Crippen LogP contribution in [0.2, 0.25) is 0 Å². The maximum atomic E-state index is 12.8. The highest BCUT2D eigenvalue weighted by atomic mass is 32.2. The van der Waals surface area contributed by atoms with Gasteiger partial charge in [-0.15, -0.1) is 0 Å². The van der Waals surface area contributed by atoms with Gasteiger partial charge in [-0.1, -0.05) is 50.6 Å². The van der Waals surface area contributed by atoms with Crippen molar-refractivity contribution in [2.75, 3.05) is 31.6 Å². The second kappa shape index (κ2) is 10.6. The molecule has 4 rings (SSSR count). The molecule has 36 heavy (non-hydrogen) atoms. The van der Waals surface area contributed by atoms with Crippen molar-refractivity contribution in [3.8, 4) is 0 Å². The minimum Gasteiger partial charge on any atom is -0.457 e. The lowest BCUT2D eigenvalue weighted by Crippen LogP contribution is -2.35. The fourth-order valence-electron chi connectivity index (χ4n) is 5.01.